The van der Waals surface area contributed by atoms with Crippen LogP contribution >= 0.6 is 0 Å². The minimum atomic E-state index is 0.308. The second-order valence-electron chi connectivity index (χ2n) is 7.90. The third kappa shape index (κ3) is 7.21. The quantitative estimate of drug-likeness (QED) is 0.608. The molecule has 146 valence electrons. The van der Waals surface area contributed by atoms with Gasteiger partial charge in [-0.2, -0.15) is 0 Å². The summed E-state index contributed by atoms with van der Waals surface area (Å²) in [4.78, 5) is 21.8. The molecule has 2 saturated heterocycles. The van der Waals surface area contributed by atoms with Crippen molar-refractivity contribution in [3.8, 4) is 0 Å². The molecular formula is C19H38N4O2. The Morgan fingerprint density at radius 1 is 0.880 bits per heavy atom. The highest BCUT2D eigenvalue weighted by molar-refractivity contribution is 5.78. The first-order valence-electron chi connectivity index (χ1n) is 10.0. The fourth-order valence-corrected chi connectivity index (χ4v) is 3.56. The zero-order valence-corrected chi connectivity index (χ0v) is 16.7. The molecule has 0 aromatic carbocycles. The van der Waals surface area contributed by atoms with E-state index in [9.17, 15) is 4.79 Å². The lowest BCUT2D eigenvalue weighted by Crippen LogP contribution is -2.54. The smallest absolute Gasteiger partial charge is 0.236 e. The van der Waals surface area contributed by atoms with Gasteiger partial charge < -0.3 is 14.5 Å². The summed E-state index contributed by atoms with van der Waals surface area (Å²) in [6.45, 7) is 19.1. The van der Waals surface area contributed by atoms with Crippen LogP contribution < -0.4 is 0 Å². The topological polar surface area (TPSA) is 39.3 Å². The Kier molecular flexibility index (Phi) is 8.62. The summed E-state index contributed by atoms with van der Waals surface area (Å²) in [5.41, 5.74) is 0. The van der Waals surface area contributed by atoms with Crippen LogP contribution in [-0.2, 0) is 9.53 Å². The fraction of sp³-hybridized carbons (Fsp3) is 0.947. The Labute approximate surface area is 154 Å². The summed E-state index contributed by atoms with van der Waals surface area (Å²) < 4.78 is 5.61. The van der Waals surface area contributed by atoms with Crippen LogP contribution in [0.1, 0.15) is 34.1 Å². The Morgan fingerprint density at radius 3 is 2.04 bits per heavy atom. The van der Waals surface area contributed by atoms with E-state index in [2.05, 4.69) is 47.3 Å². The average Bonchev–Trinajstić information content (AvgIpc) is 2.60. The molecule has 0 aromatic heterocycles. The molecule has 1 amide bonds. The first-order chi connectivity index (χ1) is 12.0. The molecule has 0 radical (unpaired) electrons. The molecule has 0 spiro atoms. The highest BCUT2D eigenvalue weighted by atomic mass is 16.5. The molecule has 2 rings (SSSR count). The van der Waals surface area contributed by atoms with E-state index in [0.29, 0.717) is 24.6 Å². The van der Waals surface area contributed by atoms with Gasteiger partial charge in [-0.1, -0.05) is 0 Å². The number of piperazine rings is 2. The molecule has 0 unspecified atom stereocenters. The van der Waals surface area contributed by atoms with Gasteiger partial charge in [0.05, 0.1) is 12.6 Å². The normalized spacial score (nSPS) is 21.4. The van der Waals surface area contributed by atoms with Crippen LogP contribution in [0.2, 0.25) is 0 Å². The van der Waals surface area contributed by atoms with E-state index < -0.39 is 0 Å². The molecule has 2 fully saturated rings. The SMILES string of the molecule is CC(C)OCCCN1CCN(CC(=O)N2CCN(C(C)C)CC2)CC1. The predicted octanol–water partition coefficient (Wildman–Crippen LogP) is 0.972. The lowest BCUT2D eigenvalue weighted by atomic mass is 10.2. The van der Waals surface area contributed by atoms with Gasteiger partial charge >= 0.3 is 0 Å². The maximum atomic E-state index is 12.5. The monoisotopic (exact) mass is 354 g/mol. The number of hydrogen-bond donors (Lipinski definition) is 0. The number of carbonyl (C=O) groups is 1. The second kappa shape index (κ2) is 10.5. The Bertz CT molecular complexity index is 387. The van der Waals surface area contributed by atoms with Gasteiger partial charge in [-0.3, -0.25) is 14.6 Å². The van der Waals surface area contributed by atoms with Crippen molar-refractivity contribution < 1.29 is 9.53 Å². The number of nitrogens with zero attached hydrogens (tertiary/aromatic N) is 4. The summed E-state index contributed by atoms with van der Waals surface area (Å²) in [7, 11) is 0. The number of rotatable bonds is 8. The van der Waals surface area contributed by atoms with Gasteiger partial charge in [0.25, 0.3) is 0 Å². The first kappa shape index (κ1) is 20.6. The average molecular weight is 355 g/mol. The maximum absolute atomic E-state index is 12.5. The zero-order valence-electron chi connectivity index (χ0n) is 16.7. The van der Waals surface area contributed by atoms with Crippen molar-refractivity contribution >= 4 is 5.91 Å². The molecule has 2 heterocycles. The van der Waals surface area contributed by atoms with Gasteiger partial charge in [0, 0.05) is 71.6 Å². The first-order valence-corrected chi connectivity index (χ1v) is 10.0. The predicted molar refractivity (Wildman–Crippen MR) is 102 cm³/mol. The van der Waals surface area contributed by atoms with Crippen molar-refractivity contribution in [2.24, 2.45) is 0 Å². The summed E-state index contributed by atoms with van der Waals surface area (Å²) in [6.07, 6.45) is 1.42. The Balaban J connectivity index is 1.59. The fourth-order valence-electron chi connectivity index (χ4n) is 3.56. The summed E-state index contributed by atoms with van der Waals surface area (Å²) in [5.74, 6) is 0.308. The largest absolute Gasteiger partial charge is 0.379 e. The van der Waals surface area contributed by atoms with Crippen LogP contribution in [0.4, 0.5) is 0 Å². The number of hydrogen-bond acceptors (Lipinski definition) is 5. The van der Waals surface area contributed by atoms with Crippen molar-refractivity contribution in [3.05, 3.63) is 0 Å². The van der Waals surface area contributed by atoms with Gasteiger partial charge in [-0.05, 0) is 34.1 Å². The number of carbonyl (C=O) groups excluding carboxylic acids is 1. The molecule has 0 saturated carbocycles. The molecule has 6 heteroatoms. The van der Waals surface area contributed by atoms with Gasteiger partial charge in [-0.25, -0.2) is 0 Å². The summed E-state index contributed by atoms with van der Waals surface area (Å²) in [6, 6.07) is 0.580. The maximum Gasteiger partial charge on any atom is 0.236 e. The molecule has 2 aliphatic rings. The van der Waals surface area contributed by atoms with Gasteiger partial charge in [-0.15, -0.1) is 0 Å². The third-order valence-corrected chi connectivity index (χ3v) is 5.29. The van der Waals surface area contributed by atoms with E-state index in [1.807, 2.05) is 0 Å². The van der Waals surface area contributed by atoms with Gasteiger partial charge in [0.1, 0.15) is 0 Å². The number of ether oxygens (including phenoxy) is 1. The van der Waals surface area contributed by atoms with Crippen molar-refractivity contribution in [2.45, 2.75) is 46.3 Å². The van der Waals surface area contributed by atoms with Crippen LogP contribution in [0.5, 0.6) is 0 Å². The minimum absolute atomic E-state index is 0.308. The zero-order chi connectivity index (χ0) is 18.2. The Morgan fingerprint density at radius 2 is 1.48 bits per heavy atom. The minimum Gasteiger partial charge on any atom is -0.379 e. The van der Waals surface area contributed by atoms with E-state index in [1.54, 1.807) is 0 Å². The van der Waals surface area contributed by atoms with Crippen molar-refractivity contribution in [1.82, 2.24) is 19.6 Å². The second-order valence-corrected chi connectivity index (χ2v) is 7.90. The lowest BCUT2D eigenvalue weighted by molar-refractivity contribution is -0.134. The molecule has 2 aliphatic heterocycles. The van der Waals surface area contributed by atoms with Gasteiger partial charge in [0.2, 0.25) is 5.91 Å². The van der Waals surface area contributed by atoms with Gasteiger partial charge in [0.15, 0.2) is 0 Å². The molecular weight excluding hydrogens is 316 g/mol. The molecule has 0 aliphatic carbocycles. The van der Waals surface area contributed by atoms with Crippen LogP contribution in [0.3, 0.4) is 0 Å². The summed E-state index contributed by atoms with van der Waals surface area (Å²) >= 11 is 0. The Hall–Kier alpha value is -0.690. The van der Waals surface area contributed by atoms with Crippen molar-refractivity contribution in [3.63, 3.8) is 0 Å². The highest BCUT2D eigenvalue weighted by Crippen LogP contribution is 2.08. The van der Waals surface area contributed by atoms with E-state index >= 15 is 0 Å². The van der Waals surface area contributed by atoms with E-state index in [0.717, 1.165) is 71.9 Å². The molecule has 6 nitrogen and oxygen atoms in total. The molecule has 0 aromatic rings. The number of amides is 1. The molecule has 0 atom stereocenters. The summed E-state index contributed by atoms with van der Waals surface area (Å²) in [5, 5.41) is 0. The van der Waals surface area contributed by atoms with E-state index in [-0.39, 0.29) is 0 Å². The van der Waals surface area contributed by atoms with E-state index in [4.69, 9.17) is 4.74 Å². The van der Waals surface area contributed by atoms with Crippen LogP contribution in [0, 0.1) is 0 Å². The van der Waals surface area contributed by atoms with Crippen molar-refractivity contribution in [1.29, 1.82) is 0 Å². The van der Waals surface area contributed by atoms with Crippen LogP contribution in [-0.4, -0.2) is 110 Å². The standard InChI is InChI=1S/C19H38N4O2/c1-17(2)22-11-13-23(14-12-22)19(24)16-21-9-7-20(8-10-21)6-5-15-25-18(3)4/h17-18H,5-16H2,1-4H3. The van der Waals surface area contributed by atoms with Crippen LogP contribution in [0.25, 0.3) is 0 Å². The van der Waals surface area contributed by atoms with E-state index in [1.165, 1.54) is 0 Å². The highest BCUT2D eigenvalue weighted by Gasteiger charge is 2.25. The molecule has 0 bridgehead atoms. The molecule has 25 heavy (non-hydrogen) atoms. The van der Waals surface area contributed by atoms with Crippen LogP contribution in [0.15, 0.2) is 0 Å². The lowest BCUT2D eigenvalue weighted by Gasteiger charge is -2.39. The third-order valence-electron chi connectivity index (χ3n) is 5.29. The molecule has 0 N–H and O–H groups in total. The van der Waals surface area contributed by atoms with Crippen molar-refractivity contribution in [2.75, 3.05) is 72.1 Å².